The van der Waals surface area contributed by atoms with Crippen molar-refractivity contribution in [2.75, 3.05) is 6.26 Å². The fourth-order valence-corrected chi connectivity index (χ4v) is 3.57. The summed E-state index contributed by atoms with van der Waals surface area (Å²) >= 11 is 0. The average Bonchev–Trinajstić information content (AvgIpc) is 2.61. The lowest BCUT2D eigenvalue weighted by molar-refractivity contribution is -0.384. The van der Waals surface area contributed by atoms with Crippen molar-refractivity contribution in [1.82, 2.24) is 0 Å². The molecule has 0 saturated carbocycles. The second-order valence-electron chi connectivity index (χ2n) is 5.81. The zero-order valence-corrected chi connectivity index (χ0v) is 14.8. The summed E-state index contributed by atoms with van der Waals surface area (Å²) in [7, 11) is -3.70. The molecule has 2 rings (SSSR count). The van der Waals surface area contributed by atoms with Crippen LogP contribution >= 0.6 is 0 Å². The average molecular weight is 375 g/mol. The Labute approximate surface area is 150 Å². The zero-order valence-electron chi connectivity index (χ0n) is 14.0. The first-order chi connectivity index (χ1) is 12.2. The smallest absolute Gasteiger partial charge is 0.269 e. The van der Waals surface area contributed by atoms with Crippen LogP contribution in [0.25, 0.3) is 0 Å². The highest BCUT2D eigenvalue weighted by molar-refractivity contribution is 7.92. The molecule has 0 saturated heterocycles. The van der Waals surface area contributed by atoms with Crippen LogP contribution in [0.5, 0.6) is 0 Å². The van der Waals surface area contributed by atoms with Gasteiger partial charge in [-0.2, -0.15) is 0 Å². The second kappa shape index (κ2) is 8.01. The molecule has 0 bridgehead atoms. The Morgan fingerprint density at radius 3 is 2.08 bits per heavy atom. The minimum absolute atomic E-state index is 0.144. The number of hydrogen-bond acceptors (Lipinski definition) is 6. The van der Waals surface area contributed by atoms with Gasteiger partial charge >= 0.3 is 0 Å². The number of nitro groups is 1. The van der Waals surface area contributed by atoms with E-state index in [1.165, 1.54) is 36.4 Å². The number of nitrogens with zero attached hydrogens (tertiary/aromatic N) is 1. The molecular formula is C18H17NO6S. The largest absolute Gasteiger partial charge is 0.294 e. The van der Waals surface area contributed by atoms with Gasteiger partial charge in [-0.3, -0.25) is 19.7 Å². The number of benzene rings is 2. The molecule has 0 N–H and O–H groups in total. The summed E-state index contributed by atoms with van der Waals surface area (Å²) in [6, 6.07) is 13.1. The third-order valence-electron chi connectivity index (χ3n) is 3.90. The van der Waals surface area contributed by atoms with Gasteiger partial charge in [0.25, 0.3) is 5.69 Å². The summed E-state index contributed by atoms with van der Waals surface area (Å²) in [5.41, 5.74) is 0.357. The number of Topliss-reactive ketones (excluding diaryl/α,β-unsaturated/α-hetero) is 2. The van der Waals surface area contributed by atoms with Crippen molar-refractivity contribution in [2.24, 2.45) is 0 Å². The fourth-order valence-electron chi connectivity index (χ4n) is 2.50. The molecular weight excluding hydrogens is 358 g/mol. The summed E-state index contributed by atoms with van der Waals surface area (Å²) in [4.78, 5) is 34.8. The Hall–Kier alpha value is -2.87. The molecule has 0 aliphatic heterocycles. The highest BCUT2D eigenvalue weighted by Gasteiger charge is 2.30. The fraction of sp³-hybridized carbons (Fsp3) is 0.222. The van der Waals surface area contributed by atoms with Gasteiger partial charge in [0.15, 0.2) is 21.4 Å². The van der Waals surface area contributed by atoms with E-state index in [0.29, 0.717) is 0 Å². The molecule has 0 aliphatic rings. The van der Waals surface area contributed by atoms with Crippen LogP contribution in [0, 0.1) is 10.1 Å². The van der Waals surface area contributed by atoms with Crippen LogP contribution in [0.3, 0.4) is 0 Å². The topological polar surface area (TPSA) is 111 Å². The van der Waals surface area contributed by atoms with Gasteiger partial charge in [-0.05, 0) is 18.6 Å². The summed E-state index contributed by atoms with van der Waals surface area (Å²) in [5, 5.41) is 9.32. The SMILES string of the molecule is CS(=O)(=O)C(CCC(=O)c1ccc([N+](=O)[O-])cc1)C(=O)c1ccccc1. The summed E-state index contributed by atoms with van der Waals surface area (Å²) < 4.78 is 24.0. The maximum atomic E-state index is 12.5. The summed E-state index contributed by atoms with van der Waals surface area (Å²) in [6.07, 6.45) is 0.658. The van der Waals surface area contributed by atoms with E-state index < -0.39 is 25.8 Å². The van der Waals surface area contributed by atoms with Crippen molar-refractivity contribution in [3.8, 4) is 0 Å². The Morgan fingerprint density at radius 2 is 1.58 bits per heavy atom. The van der Waals surface area contributed by atoms with Crippen LogP contribution in [-0.2, 0) is 9.84 Å². The third-order valence-corrected chi connectivity index (χ3v) is 5.38. The van der Waals surface area contributed by atoms with Crippen molar-refractivity contribution in [1.29, 1.82) is 0 Å². The van der Waals surface area contributed by atoms with Crippen LogP contribution < -0.4 is 0 Å². The molecule has 2 aromatic rings. The molecule has 136 valence electrons. The monoisotopic (exact) mass is 375 g/mol. The molecule has 0 amide bonds. The Kier molecular flexibility index (Phi) is 5.99. The van der Waals surface area contributed by atoms with Gasteiger partial charge in [0.2, 0.25) is 0 Å². The van der Waals surface area contributed by atoms with Crippen molar-refractivity contribution >= 4 is 27.1 Å². The van der Waals surface area contributed by atoms with Crippen molar-refractivity contribution < 1.29 is 22.9 Å². The number of hydrogen-bond donors (Lipinski definition) is 0. The molecule has 2 aromatic carbocycles. The quantitative estimate of drug-likeness (QED) is 0.398. The van der Waals surface area contributed by atoms with E-state index in [0.717, 1.165) is 6.26 Å². The molecule has 0 aliphatic carbocycles. The van der Waals surface area contributed by atoms with E-state index >= 15 is 0 Å². The number of carbonyl (C=O) groups excluding carboxylic acids is 2. The zero-order chi connectivity index (χ0) is 19.3. The van der Waals surface area contributed by atoms with Gasteiger partial charge in [-0.25, -0.2) is 8.42 Å². The molecule has 1 unspecified atom stereocenters. The normalized spacial score (nSPS) is 12.3. The van der Waals surface area contributed by atoms with E-state index in [-0.39, 0.29) is 35.4 Å². The number of ketones is 2. The van der Waals surface area contributed by atoms with E-state index in [4.69, 9.17) is 0 Å². The number of rotatable bonds is 8. The predicted octanol–water partition coefficient (Wildman–Crippen LogP) is 2.85. The lowest BCUT2D eigenvalue weighted by Gasteiger charge is -2.13. The Morgan fingerprint density at radius 1 is 1.00 bits per heavy atom. The molecule has 0 spiro atoms. The molecule has 0 aromatic heterocycles. The van der Waals surface area contributed by atoms with Gasteiger partial charge in [-0.1, -0.05) is 30.3 Å². The molecule has 1 atom stereocenters. The predicted molar refractivity (Wildman–Crippen MR) is 96.1 cm³/mol. The first-order valence-electron chi connectivity index (χ1n) is 7.76. The summed E-state index contributed by atoms with van der Waals surface area (Å²) in [6.45, 7) is 0. The Bertz CT molecular complexity index is 920. The number of sulfone groups is 1. The highest BCUT2D eigenvalue weighted by Crippen LogP contribution is 2.18. The number of non-ortho nitro benzene ring substituents is 1. The van der Waals surface area contributed by atoms with Crippen LogP contribution in [-0.4, -0.2) is 36.4 Å². The van der Waals surface area contributed by atoms with Crippen LogP contribution in [0.2, 0.25) is 0 Å². The number of carbonyl (C=O) groups is 2. The lowest BCUT2D eigenvalue weighted by Crippen LogP contribution is -2.30. The minimum atomic E-state index is -3.70. The Balaban J connectivity index is 2.13. The maximum absolute atomic E-state index is 12.5. The van der Waals surface area contributed by atoms with Gasteiger partial charge in [0.05, 0.1) is 4.92 Å². The van der Waals surface area contributed by atoms with E-state index in [9.17, 15) is 28.1 Å². The van der Waals surface area contributed by atoms with Gasteiger partial charge in [-0.15, -0.1) is 0 Å². The standard InChI is InChI=1S/C18H17NO6S/c1-26(24,25)17(18(21)14-5-3-2-4-6-14)12-11-16(20)13-7-9-15(10-8-13)19(22)23/h2-10,17H,11-12H2,1H3. The van der Waals surface area contributed by atoms with Crippen LogP contribution in [0.15, 0.2) is 54.6 Å². The molecule has 0 heterocycles. The molecule has 8 heteroatoms. The first kappa shape index (κ1) is 19.5. The first-order valence-corrected chi connectivity index (χ1v) is 9.71. The summed E-state index contributed by atoms with van der Waals surface area (Å²) in [5.74, 6) is -0.931. The molecule has 0 fully saturated rings. The number of nitro benzene ring substituents is 1. The third kappa shape index (κ3) is 4.82. The maximum Gasteiger partial charge on any atom is 0.269 e. The van der Waals surface area contributed by atoms with E-state index in [2.05, 4.69) is 0 Å². The van der Waals surface area contributed by atoms with Gasteiger partial charge < -0.3 is 0 Å². The highest BCUT2D eigenvalue weighted by atomic mass is 32.2. The van der Waals surface area contributed by atoms with E-state index in [1.807, 2.05) is 0 Å². The molecule has 0 radical (unpaired) electrons. The minimum Gasteiger partial charge on any atom is -0.294 e. The van der Waals surface area contributed by atoms with Gasteiger partial charge in [0, 0.05) is 35.9 Å². The van der Waals surface area contributed by atoms with Gasteiger partial charge in [0.1, 0.15) is 5.25 Å². The molecule has 7 nitrogen and oxygen atoms in total. The van der Waals surface area contributed by atoms with Crippen LogP contribution in [0.4, 0.5) is 5.69 Å². The molecule has 26 heavy (non-hydrogen) atoms. The second-order valence-corrected chi connectivity index (χ2v) is 8.04. The van der Waals surface area contributed by atoms with Crippen molar-refractivity contribution in [2.45, 2.75) is 18.1 Å². The van der Waals surface area contributed by atoms with Crippen molar-refractivity contribution in [3.05, 3.63) is 75.8 Å². The van der Waals surface area contributed by atoms with E-state index in [1.54, 1.807) is 18.2 Å². The van der Waals surface area contributed by atoms with Crippen LogP contribution in [0.1, 0.15) is 33.6 Å². The lowest BCUT2D eigenvalue weighted by atomic mass is 10.0. The van der Waals surface area contributed by atoms with Crippen molar-refractivity contribution in [3.63, 3.8) is 0 Å².